The maximum atomic E-state index is 5.81. The Morgan fingerprint density at radius 2 is 2.10 bits per heavy atom. The van der Waals surface area contributed by atoms with Gasteiger partial charge in [-0.2, -0.15) is 0 Å². The second-order valence-corrected chi connectivity index (χ2v) is 4.74. The first-order valence-corrected chi connectivity index (χ1v) is 6.75. The molecular formula is C16H17N3O. The van der Waals surface area contributed by atoms with E-state index in [0.717, 1.165) is 46.9 Å². The smallest absolute Gasteiger partial charge is 0.138 e. The molecule has 0 aliphatic carbocycles. The minimum atomic E-state index is 0.724. The van der Waals surface area contributed by atoms with Crippen LogP contribution in [0.2, 0.25) is 0 Å². The van der Waals surface area contributed by atoms with Gasteiger partial charge in [-0.3, -0.25) is 0 Å². The molecular weight excluding hydrogens is 250 g/mol. The quantitative estimate of drug-likeness (QED) is 0.710. The van der Waals surface area contributed by atoms with Gasteiger partial charge in [0.05, 0.1) is 17.6 Å². The van der Waals surface area contributed by atoms with Gasteiger partial charge in [0.1, 0.15) is 11.6 Å². The number of fused-ring (bicyclic) bond motifs is 1. The van der Waals surface area contributed by atoms with E-state index in [1.54, 1.807) is 0 Å². The molecule has 0 saturated heterocycles. The lowest BCUT2D eigenvalue weighted by Crippen LogP contribution is -1.94. The van der Waals surface area contributed by atoms with Crippen molar-refractivity contribution in [3.8, 4) is 17.1 Å². The predicted octanol–water partition coefficient (Wildman–Crippen LogP) is 3.60. The zero-order chi connectivity index (χ0) is 13.9. The lowest BCUT2D eigenvalue weighted by molar-refractivity contribution is 0.318. The molecule has 0 unspecified atom stereocenters. The van der Waals surface area contributed by atoms with Crippen LogP contribution >= 0.6 is 0 Å². The molecule has 3 aromatic rings. The van der Waals surface area contributed by atoms with Gasteiger partial charge in [-0.1, -0.05) is 19.1 Å². The molecule has 3 rings (SSSR count). The molecule has 1 aromatic heterocycles. The van der Waals surface area contributed by atoms with E-state index in [9.17, 15) is 0 Å². The topological polar surface area (TPSA) is 63.9 Å². The number of nitrogens with zero attached hydrogens (tertiary/aromatic N) is 1. The first-order valence-electron chi connectivity index (χ1n) is 6.75. The lowest BCUT2D eigenvalue weighted by atomic mass is 10.2. The van der Waals surface area contributed by atoms with Crippen LogP contribution in [0.15, 0.2) is 42.5 Å². The Kier molecular flexibility index (Phi) is 3.29. The molecule has 20 heavy (non-hydrogen) atoms. The molecule has 102 valence electrons. The summed E-state index contributed by atoms with van der Waals surface area (Å²) in [6.45, 7) is 2.81. The fraction of sp³-hybridized carbons (Fsp3) is 0.188. The molecule has 0 bridgehead atoms. The highest BCUT2D eigenvalue weighted by Gasteiger charge is 2.06. The van der Waals surface area contributed by atoms with Crippen LogP contribution in [-0.2, 0) is 0 Å². The van der Waals surface area contributed by atoms with Gasteiger partial charge in [-0.25, -0.2) is 4.98 Å². The van der Waals surface area contributed by atoms with Crippen molar-refractivity contribution in [2.75, 3.05) is 12.3 Å². The second-order valence-electron chi connectivity index (χ2n) is 4.74. The third-order valence-corrected chi connectivity index (χ3v) is 3.09. The molecule has 0 atom stereocenters. The van der Waals surface area contributed by atoms with Crippen LogP contribution in [0.25, 0.3) is 22.4 Å². The third kappa shape index (κ3) is 2.45. The molecule has 3 N–H and O–H groups in total. The summed E-state index contributed by atoms with van der Waals surface area (Å²) < 4.78 is 5.63. The highest BCUT2D eigenvalue weighted by Crippen LogP contribution is 2.24. The van der Waals surface area contributed by atoms with Gasteiger partial charge in [0.2, 0.25) is 0 Å². The largest absolute Gasteiger partial charge is 0.494 e. The molecule has 0 aliphatic heterocycles. The molecule has 1 heterocycles. The molecule has 0 spiro atoms. The minimum absolute atomic E-state index is 0.724. The van der Waals surface area contributed by atoms with Crippen LogP contribution in [0, 0.1) is 0 Å². The number of H-pyrrole nitrogens is 1. The standard InChI is InChI=1S/C16H17N3O/c1-2-8-20-13-6-7-14-15(10-13)19-16(18-14)11-4-3-5-12(17)9-11/h3-7,9-10H,2,8,17H2,1H3,(H,18,19). The van der Waals surface area contributed by atoms with Gasteiger partial charge >= 0.3 is 0 Å². The van der Waals surface area contributed by atoms with Crippen LogP contribution in [0.4, 0.5) is 5.69 Å². The summed E-state index contributed by atoms with van der Waals surface area (Å²) in [4.78, 5) is 7.89. The third-order valence-electron chi connectivity index (χ3n) is 3.09. The number of anilines is 1. The SMILES string of the molecule is CCCOc1ccc2nc(-c3cccc(N)c3)[nH]c2c1. The first-order chi connectivity index (χ1) is 9.76. The van der Waals surface area contributed by atoms with Crippen LogP contribution in [-0.4, -0.2) is 16.6 Å². The zero-order valence-corrected chi connectivity index (χ0v) is 11.4. The molecule has 4 heteroatoms. The van der Waals surface area contributed by atoms with Crippen molar-refractivity contribution in [2.24, 2.45) is 0 Å². The van der Waals surface area contributed by atoms with E-state index < -0.39 is 0 Å². The fourth-order valence-electron chi connectivity index (χ4n) is 2.12. The Hall–Kier alpha value is -2.49. The maximum absolute atomic E-state index is 5.81. The number of nitrogens with two attached hydrogens (primary N) is 1. The number of nitrogen functional groups attached to an aromatic ring is 1. The highest BCUT2D eigenvalue weighted by atomic mass is 16.5. The Labute approximate surface area is 117 Å². The molecule has 0 radical (unpaired) electrons. The Balaban J connectivity index is 1.98. The number of aromatic amines is 1. The molecule has 0 fully saturated rings. The number of benzene rings is 2. The van der Waals surface area contributed by atoms with Crippen LogP contribution in [0.3, 0.4) is 0 Å². The van der Waals surface area contributed by atoms with Gasteiger partial charge in [0.15, 0.2) is 0 Å². The molecule has 2 aromatic carbocycles. The van der Waals surface area contributed by atoms with Gasteiger partial charge in [-0.05, 0) is 30.7 Å². The average Bonchev–Trinajstić information content (AvgIpc) is 2.88. The summed E-state index contributed by atoms with van der Waals surface area (Å²) in [7, 11) is 0. The maximum Gasteiger partial charge on any atom is 0.138 e. The van der Waals surface area contributed by atoms with Crippen LogP contribution in [0.5, 0.6) is 5.75 Å². The summed E-state index contributed by atoms with van der Waals surface area (Å²) >= 11 is 0. The van der Waals surface area contributed by atoms with Crippen molar-refractivity contribution in [1.29, 1.82) is 0 Å². The van der Waals surface area contributed by atoms with Gasteiger partial charge in [-0.15, -0.1) is 0 Å². The highest BCUT2D eigenvalue weighted by molar-refractivity contribution is 5.81. The number of hydrogen-bond donors (Lipinski definition) is 2. The van der Waals surface area contributed by atoms with E-state index in [1.165, 1.54) is 0 Å². The average molecular weight is 267 g/mol. The van der Waals surface area contributed by atoms with Crippen molar-refractivity contribution >= 4 is 16.7 Å². The second kappa shape index (κ2) is 5.25. The summed E-state index contributed by atoms with van der Waals surface area (Å²) in [5.74, 6) is 1.68. The normalized spacial score (nSPS) is 10.8. The molecule has 0 saturated carbocycles. The molecule has 0 aliphatic rings. The van der Waals surface area contributed by atoms with E-state index >= 15 is 0 Å². The summed E-state index contributed by atoms with van der Waals surface area (Å²) in [5.41, 5.74) is 9.41. The van der Waals surface area contributed by atoms with Crippen LogP contribution < -0.4 is 10.5 Å². The van der Waals surface area contributed by atoms with Crippen LogP contribution in [0.1, 0.15) is 13.3 Å². The van der Waals surface area contributed by atoms with E-state index in [4.69, 9.17) is 10.5 Å². The number of ether oxygens (including phenoxy) is 1. The fourth-order valence-corrected chi connectivity index (χ4v) is 2.12. The van der Waals surface area contributed by atoms with E-state index in [-0.39, 0.29) is 0 Å². The minimum Gasteiger partial charge on any atom is -0.494 e. The Morgan fingerprint density at radius 1 is 1.20 bits per heavy atom. The monoisotopic (exact) mass is 267 g/mol. The summed E-state index contributed by atoms with van der Waals surface area (Å²) in [6.07, 6.45) is 0.996. The van der Waals surface area contributed by atoms with Crippen molar-refractivity contribution in [3.05, 3.63) is 42.5 Å². The van der Waals surface area contributed by atoms with Gasteiger partial charge < -0.3 is 15.5 Å². The number of imidazole rings is 1. The molecule has 0 amide bonds. The van der Waals surface area contributed by atoms with Gasteiger partial charge in [0.25, 0.3) is 0 Å². The summed E-state index contributed by atoms with van der Waals surface area (Å²) in [5, 5.41) is 0. The first kappa shape index (κ1) is 12.5. The number of hydrogen-bond acceptors (Lipinski definition) is 3. The number of rotatable bonds is 4. The van der Waals surface area contributed by atoms with Crippen molar-refractivity contribution in [2.45, 2.75) is 13.3 Å². The predicted molar refractivity (Wildman–Crippen MR) is 81.7 cm³/mol. The Morgan fingerprint density at radius 3 is 2.90 bits per heavy atom. The van der Waals surface area contributed by atoms with E-state index in [2.05, 4.69) is 16.9 Å². The summed E-state index contributed by atoms with van der Waals surface area (Å²) in [6, 6.07) is 13.6. The number of aromatic nitrogens is 2. The van der Waals surface area contributed by atoms with E-state index in [1.807, 2.05) is 42.5 Å². The lowest BCUT2D eigenvalue weighted by Gasteiger charge is -2.03. The van der Waals surface area contributed by atoms with Crippen molar-refractivity contribution < 1.29 is 4.74 Å². The number of nitrogens with one attached hydrogen (secondary N) is 1. The zero-order valence-electron chi connectivity index (χ0n) is 11.4. The Bertz CT molecular complexity index is 733. The van der Waals surface area contributed by atoms with Crippen molar-refractivity contribution in [1.82, 2.24) is 9.97 Å². The van der Waals surface area contributed by atoms with Crippen molar-refractivity contribution in [3.63, 3.8) is 0 Å². The van der Waals surface area contributed by atoms with E-state index in [0.29, 0.717) is 0 Å². The van der Waals surface area contributed by atoms with Gasteiger partial charge in [0, 0.05) is 17.3 Å². The molecule has 4 nitrogen and oxygen atoms in total.